The lowest BCUT2D eigenvalue weighted by Gasteiger charge is -2.32. The fourth-order valence-electron chi connectivity index (χ4n) is 2.31. The van der Waals surface area contributed by atoms with Gasteiger partial charge in [-0.25, -0.2) is 0 Å². The lowest BCUT2D eigenvalue weighted by molar-refractivity contribution is 0.114. The van der Waals surface area contributed by atoms with E-state index in [9.17, 15) is 5.11 Å². The molecular formula is C15H26N2OS2. The van der Waals surface area contributed by atoms with E-state index in [2.05, 4.69) is 35.9 Å². The van der Waals surface area contributed by atoms with E-state index < -0.39 is 0 Å². The highest BCUT2D eigenvalue weighted by Gasteiger charge is 2.16. The Hall–Kier alpha value is -0.0700. The number of likely N-dealkylation sites (N-methyl/N-ethyl adjacent to an activating group) is 1. The summed E-state index contributed by atoms with van der Waals surface area (Å²) in [5.41, 5.74) is 0. The lowest BCUT2D eigenvalue weighted by Crippen LogP contribution is -2.44. The van der Waals surface area contributed by atoms with Gasteiger partial charge in [0.15, 0.2) is 0 Å². The molecule has 0 aromatic carbocycles. The first kappa shape index (κ1) is 16.3. The Morgan fingerprint density at radius 2 is 2.05 bits per heavy atom. The number of nitrogens with zero attached hydrogens (tertiary/aromatic N) is 2. The molecule has 1 unspecified atom stereocenters. The standard InChI is InChI=1S/C15H26N2OS2/c1-3-12-19-15-5-4-14(20-15)13(18)6-7-17-10-8-16(2)9-11-17/h4-5,13,18H,3,6-12H2,1-2H3. The van der Waals surface area contributed by atoms with Crippen molar-refractivity contribution in [2.45, 2.75) is 30.1 Å². The van der Waals surface area contributed by atoms with Gasteiger partial charge in [0, 0.05) is 37.6 Å². The Labute approximate surface area is 131 Å². The SMILES string of the molecule is CCCSc1ccc(C(O)CCN2CCN(C)CC2)s1. The summed E-state index contributed by atoms with van der Waals surface area (Å²) in [6, 6.07) is 4.25. The van der Waals surface area contributed by atoms with Gasteiger partial charge in [-0.3, -0.25) is 0 Å². The summed E-state index contributed by atoms with van der Waals surface area (Å²) in [4.78, 5) is 5.95. The van der Waals surface area contributed by atoms with Gasteiger partial charge >= 0.3 is 0 Å². The minimum Gasteiger partial charge on any atom is -0.388 e. The molecule has 1 aromatic rings. The highest BCUT2D eigenvalue weighted by Crippen LogP contribution is 2.32. The van der Waals surface area contributed by atoms with Gasteiger partial charge in [-0.2, -0.15) is 0 Å². The number of thiophene rings is 1. The molecule has 0 radical (unpaired) electrons. The van der Waals surface area contributed by atoms with Crippen LogP contribution in [-0.2, 0) is 0 Å². The van der Waals surface area contributed by atoms with Crippen molar-refractivity contribution in [1.29, 1.82) is 0 Å². The molecule has 0 spiro atoms. The molecule has 0 amide bonds. The molecular weight excluding hydrogens is 288 g/mol. The number of thioether (sulfide) groups is 1. The molecule has 20 heavy (non-hydrogen) atoms. The van der Waals surface area contributed by atoms with Gasteiger partial charge in [0.05, 0.1) is 10.3 Å². The number of hydrogen-bond acceptors (Lipinski definition) is 5. The van der Waals surface area contributed by atoms with Crippen LogP contribution in [0.4, 0.5) is 0 Å². The molecule has 1 fully saturated rings. The topological polar surface area (TPSA) is 26.7 Å². The van der Waals surface area contributed by atoms with Crippen LogP contribution in [0.2, 0.25) is 0 Å². The molecule has 2 heterocycles. The Bertz CT molecular complexity index is 389. The number of rotatable bonds is 7. The number of aliphatic hydroxyl groups excluding tert-OH is 1. The molecule has 114 valence electrons. The fraction of sp³-hybridized carbons (Fsp3) is 0.733. The zero-order chi connectivity index (χ0) is 14.4. The van der Waals surface area contributed by atoms with Crippen molar-refractivity contribution in [3.8, 4) is 0 Å². The molecule has 1 atom stereocenters. The normalized spacial score (nSPS) is 19.4. The largest absolute Gasteiger partial charge is 0.388 e. The third kappa shape index (κ3) is 5.04. The average Bonchev–Trinajstić information content (AvgIpc) is 2.93. The van der Waals surface area contributed by atoms with E-state index in [0.29, 0.717) is 0 Å². The van der Waals surface area contributed by atoms with Crippen LogP contribution in [0.15, 0.2) is 16.3 Å². The van der Waals surface area contributed by atoms with Crippen LogP contribution in [0, 0.1) is 0 Å². The molecule has 1 saturated heterocycles. The van der Waals surface area contributed by atoms with E-state index in [1.54, 1.807) is 11.3 Å². The van der Waals surface area contributed by atoms with Crippen LogP contribution in [-0.4, -0.2) is 60.4 Å². The zero-order valence-corrected chi connectivity index (χ0v) is 14.2. The molecule has 0 aliphatic carbocycles. The Morgan fingerprint density at radius 3 is 2.75 bits per heavy atom. The maximum Gasteiger partial charge on any atom is 0.0894 e. The first-order valence-corrected chi connectivity index (χ1v) is 9.30. The maximum absolute atomic E-state index is 10.3. The predicted molar refractivity (Wildman–Crippen MR) is 88.8 cm³/mol. The quantitative estimate of drug-likeness (QED) is 0.783. The first-order chi connectivity index (χ1) is 9.69. The summed E-state index contributed by atoms with van der Waals surface area (Å²) < 4.78 is 1.33. The third-order valence-electron chi connectivity index (χ3n) is 3.69. The Kier molecular flexibility index (Phi) is 6.84. The van der Waals surface area contributed by atoms with Crippen LogP contribution >= 0.6 is 23.1 Å². The lowest BCUT2D eigenvalue weighted by atomic mass is 10.2. The Morgan fingerprint density at radius 1 is 1.30 bits per heavy atom. The van der Waals surface area contributed by atoms with E-state index in [1.165, 1.54) is 10.6 Å². The van der Waals surface area contributed by atoms with E-state index in [-0.39, 0.29) is 6.10 Å². The molecule has 3 nitrogen and oxygen atoms in total. The molecule has 1 aromatic heterocycles. The minimum atomic E-state index is -0.296. The van der Waals surface area contributed by atoms with Gasteiger partial charge in [0.25, 0.3) is 0 Å². The zero-order valence-electron chi connectivity index (χ0n) is 12.5. The second-order valence-corrected chi connectivity index (χ2v) is 7.97. The summed E-state index contributed by atoms with van der Waals surface area (Å²) in [6.07, 6.45) is 1.75. The minimum absolute atomic E-state index is 0.296. The van der Waals surface area contributed by atoms with Crippen molar-refractivity contribution in [1.82, 2.24) is 9.80 Å². The van der Waals surface area contributed by atoms with E-state index in [4.69, 9.17) is 0 Å². The highest BCUT2D eigenvalue weighted by atomic mass is 32.2. The summed E-state index contributed by atoms with van der Waals surface area (Å²) >= 11 is 3.65. The third-order valence-corrected chi connectivity index (χ3v) is 6.31. The predicted octanol–water partition coefficient (Wildman–Crippen LogP) is 2.92. The van der Waals surface area contributed by atoms with Gasteiger partial charge in [-0.05, 0) is 37.8 Å². The summed E-state index contributed by atoms with van der Waals surface area (Å²) in [7, 11) is 2.17. The molecule has 0 bridgehead atoms. The molecule has 0 saturated carbocycles. The number of hydrogen-bond donors (Lipinski definition) is 1. The van der Waals surface area contributed by atoms with Crippen LogP contribution in [0.1, 0.15) is 30.7 Å². The van der Waals surface area contributed by atoms with E-state index >= 15 is 0 Å². The maximum atomic E-state index is 10.3. The van der Waals surface area contributed by atoms with Crippen LogP contribution in [0.3, 0.4) is 0 Å². The Balaban J connectivity index is 1.73. The van der Waals surface area contributed by atoms with Gasteiger partial charge in [-0.15, -0.1) is 23.1 Å². The fourth-order valence-corrected chi connectivity index (χ4v) is 4.41. The van der Waals surface area contributed by atoms with Gasteiger partial charge in [0.1, 0.15) is 0 Å². The van der Waals surface area contributed by atoms with Crippen molar-refractivity contribution in [2.24, 2.45) is 0 Å². The van der Waals surface area contributed by atoms with E-state index in [1.807, 2.05) is 11.8 Å². The van der Waals surface area contributed by atoms with Gasteiger partial charge in [0.2, 0.25) is 0 Å². The van der Waals surface area contributed by atoms with E-state index in [0.717, 1.165) is 49.8 Å². The summed E-state index contributed by atoms with van der Waals surface area (Å²) in [6.45, 7) is 7.76. The smallest absolute Gasteiger partial charge is 0.0894 e. The molecule has 1 aliphatic rings. The molecule has 1 aliphatic heterocycles. The van der Waals surface area contributed by atoms with Crippen molar-refractivity contribution in [3.05, 3.63) is 17.0 Å². The van der Waals surface area contributed by atoms with Crippen molar-refractivity contribution in [3.63, 3.8) is 0 Å². The number of piperazine rings is 1. The first-order valence-electron chi connectivity index (χ1n) is 7.50. The molecule has 2 rings (SSSR count). The van der Waals surface area contributed by atoms with Crippen LogP contribution in [0.5, 0.6) is 0 Å². The molecule has 1 N–H and O–H groups in total. The second kappa shape index (κ2) is 8.39. The van der Waals surface area contributed by atoms with Gasteiger partial charge < -0.3 is 14.9 Å². The second-order valence-electron chi connectivity index (χ2n) is 5.45. The van der Waals surface area contributed by atoms with Crippen molar-refractivity contribution >= 4 is 23.1 Å². The van der Waals surface area contributed by atoms with Crippen molar-refractivity contribution < 1.29 is 5.11 Å². The summed E-state index contributed by atoms with van der Waals surface area (Å²) in [5, 5.41) is 10.3. The number of aliphatic hydroxyl groups is 1. The molecule has 5 heteroatoms. The van der Waals surface area contributed by atoms with Gasteiger partial charge in [-0.1, -0.05) is 6.92 Å². The monoisotopic (exact) mass is 314 g/mol. The average molecular weight is 315 g/mol. The van der Waals surface area contributed by atoms with Crippen LogP contribution in [0.25, 0.3) is 0 Å². The highest BCUT2D eigenvalue weighted by molar-refractivity contribution is 8.01. The van der Waals surface area contributed by atoms with Crippen molar-refractivity contribution in [2.75, 3.05) is 45.5 Å². The van der Waals surface area contributed by atoms with Crippen LogP contribution < -0.4 is 0 Å². The summed E-state index contributed by atoms with van der Waals surface area (Å²) in [5.74, 6) is 1.16.